The second kappa shape index (κ2) is 6.50. The molecule has 1 aliphatic heterocycles. The van der Waals surface area contributed by atoms with E-state index in [2.05, 4.69) is 5.10 Å². The molecule has 5 nitrogen and oxygen atoms in total. The Morgan fingerprint density at radius 1 is 1.14 bits per heavy atom. The largest absolute Gasteiger partial charge is 0.422 e. The molecule has 28 heavy (non-hydrogen) atoms. The lowest BCUT2D eigenvalue weighted by Gasteiger charge is -2.25. The molecule has 1 atom stereocenters. The maximum absolute atomic E-state index is 14.6. The molecule has 0 amide bonds. The van der Waals surface area contributed by atoms with Gasteiger partial charge in [0.25, 0.3) is 0 Å². The van der Waals surface area contributed by atoms with Gasteiger partial charge in [0.1, 0.15) is 23.3 Å². The summed E-state index contributed by atoms with van der Waals surface area (Å²) in [6.07, 6.45) is 0. The Labute approximate surface area is 160 Å². The van der Waals surface area contributed by atoms with Crippen molar-refractivity contribution >= 4 is 0 Å². The smallest absolute Gasteiger partial charge is 0.229 e. The van der Waals surface area contributed by atoms with Gasteiger partial charge in [-0.25, -0.2) is 13.5 Å². The normalized spacial score (nSPS) is 15.8. The van der Waals surface area contributed by atoms with E-state index in [9.17, 15) is 14.0 Å². The summed E-state index contributed by atoms with van der Waals surface area (Å²) >= 11 is 0. The number of nitrogens with zero attached hydrogens (tertiary/aromatic N) is 3. The van der Waals surface area contributed by atoms with E-state index in [4.69, 9.17) is 10.5 Å². The predicted octanol–water partition coefficient (Wildman–Crippen LogP) is 3.99. The molecule has 0 saturated heterocycles. The molecule has 1 aliphatic rings. The van der Waals surface area contributed by atoms with E-state index in [0.717, 1.165) is 23.4 Å². The number of nitrogens with two attached hydrogens (primary N) is 1. The van der Waals surface area contributed by atoms with Gasteiger partial charge >= 0.3 is 0 Å². The summed E-state index contributed by atoms with van der Waals surface area (Å²) in [5, 5.41) is 14.1. The van der Waals surface area contributed by atoms with Gasteiger partial charge in [-0.05, 0) is 32.0 Å². The van der Waals surface area contributed by atoms with Crippen molar-refractivity contribution in [1.82, 2.24) is 9.78 Å². The molecule has 2 aromatic carbocycles. The topological polar surface area (TPSA) is 76.9 Å². The molecule has 0 bridgehead atoms. The van der Waals surface area contributed by atoms with Crippen molar-refractivity contribution < 1.29 is 13.5 Å². The van der Waals surface area contributed by atoms with Gasteiger partial charge in [-0.15, -0.1) is 0 Å². The van der Waals surface area contributed by atoms with Crippen molar-refractivity contribution in [2.24, 2.45) is 5.73 Å². The van der Waals surface area contributed by atoms with E-state index in [1.807, 2.05) is 37.3 Å². The molecule has 3 aromatic rings. The lowest BCUT2D eigenvalue weighted by molar-refractivity contribution is 0.366. The summed E-state index contributed by atoms with van der Waals surface area (Å²) in [5.74, 6) is -2.12. The number of ether oxygens (including phenoxy) is 1. The van der Waals surface area contributed by atoms with Crippen LogP contribution in [0.15, 0.2) is 53.9 Å². The molecule has 1 unspecified atom stereocenters. The highest BCUT2D eigenvalue weighted by molar-refractivity contribution is 5.57. The fourth-order valence-electron chi connectivity index (χ4n) is 3.42. The summed E-state index contributed by atoms with van der Waals surface area (Å²) in [5.41, 5.74) is 9.09. The Hall–Kier alpha value is -3.66. The van der Waals surface area contributed by atoms with Gasteiger partial charge in [0.2, 0.25) is 11.8 Å². The van der Waals surface area contributed by atoms with Gasteiger partial charge < -0.3 is 10.5 Å². The maximum atomic E-state index is 14.6. The maximum Gasteiger partial charge on any atom is 0.229 e. The predicted molar refractivity (Wildman–Crippen MR) is 98.7 cm³/mol. The highest BCUT2D eigenvalue weighted by Gasteiger charge is 2.37. The molecule has 2 N–H and O–H groups in total. The van der Waals surface area contributed by atoms with Crippen LogP contribution in [0.5, 0.6) is 5.88 Å². The minimum Gasteiger partial charge on any atom is -0.422 e. The van der Waals surface area contributed by atoms with Gasteiger partial charge in [-0.2, -0.15) is 10.4 Å². The van der Waals surface area contributed by atoms with E-state index < -0.39 is 17.6 Å². The first-order chi connectivity index (χ1) is 13.4. The molecular weight excluding hydrogens is 362 g/mol. The number of halogens is 2. The molecule has 0 spiro atoms. The van der Waals surface area contributed by atoms with Gasteiger partial charge in [-0.3, -0.25) is 0 Å². The lowest BCUT2D eigenvalue weighted by atomic mass is 9.84. The van der Waals surface area contributed by atoms with Crippen LogP contribution in [-0.4, -0.2) is 9.78 Å². The average molecular weight is 378 g/mol. The molecule has 140 valence electrons. The van der Waals surface area contributed by atoms with Crippen molar-refractivity contribution in [3.05, 3.63) is 87.9 Å². The van der Waals surface area contributed by atoms with Crippen LogP contribution < -0.4 is 10.5 Å². The fraction of sp³-hybridized carbons (Fsp3) is 0.143. The van der Waals surface area contributed by atoms with Crippen LogP contribution in [0.1, 0.15) is 28.3 Å². The first kappa shape index (κ1) is 17.7. The Kier molecular flexibility index (Phi) is 4.12. The van der Waals surface area contributed by atoms with Gasteiger partial charge in [0, 0.05) is 11.6 Å². The van der Waals surface area contributed by atoms with E-state index >= 15 is 0 Å². The van der Waals surface area contributed by atoms with Crippen LogP contribution in [-0.2, 0) is 0 Å². The van der Waals surface area contributed by atoms with Crippen LogP contribution in [0.2, 0.25) is 0 Å². The highest BCUT2D eigenvalue weighted by Crippen LogP contribution is 2.45. The quantitative estimate of drug-likeness (QED) is 0.732. The van der Waals surface area contributed by atoms with E-state index in [0.29, 0.717) is 17.1 Å². The minimum atomic E-state index is -0.839. The minimum absolute atomic E-state index is 0.0598. The standard InChI is InChI=1S/C21H16F2N4O/c1-11-3-6-14(7-4-11)27-21-18(12(2)26-27)19(16(10-24)20(25)28-21)15-8-5-13(22)9-17(15)23/h3-9,19H,25H2,1-2H3. The third kappa shape index (κ3) is 2.70. The second-order valence-electron chi connectivity index (χ2n) is 6.64. The first-order valence-corrected chi connectivity index (χ1v) is 8.59. The molecule has 1 aromatic heterocycles. The van der Waals surface area contributed by atoms with E-state index in [-0.39, 0.29) is 17.0 Å². The Bertz CT molecular complexity index is 1160. The van der Waals surface area contributed by atoms with Crippen LogP contribution in [0, 0.1) is 36.8 Å². The number of benzene rings is 2. The monoisotopic (exact) mass is 378 g/mol. The molecular formula is C21H16F2N4O. The number of aromatic nitrogens is 2. The molecule has 4 rings (SSSR count). The molecule has 7 heteroatoms. The van der Waals surface area contributed by atoms with Crippen LogP contribution in [0.4, 0.5) is 8.78 Å². The summed E-state index contributed by atoms with van der Waals surface area (Å²) in [6.45, 7) is 3.72. The molecule has 2 heterocycles. The summed E-state index contributed by atoms with van der Waals surface area (Å²) in [6, 6.07) is 12.9. The zero-order chi connectivity index (χ0) is 20.0. The van der Waals surface area contributed by atoms with Crippen molar-refractivity contribution in [1.29, 1.82) is 5.26 Å². The SMILES string of the molecule is Cc1ccc(-n2nc(C)c3c2OC(N)=C(C#N)C3c2ccc(F)cc2F)cc1. The number of rotatable bonds is 2. The number of fused-ring (bicyclic) bond motifs is 1. The third-order valence-corrected chi connectivity index (χ3v) is 4.78. The van der Waals surface area contributed by atoms with Gasteiger partial charge in [0.15, 0.2) is 0 Å². The van der Waals surface area contributed by atoms with Gasteiger partial charge in [0.05, 0.1) is 22.9 Å². The van der Waals surface area contributed by atoms with Crippen molar-refractivity contribution in [2.45, 2.75) is 19.8 Å². The molecule has 0 saturated carbocycles. The number of hydrogen-bond acceptors (Lipinski definition) is 4. The Balaban J connectivity index is 1.96. The number of nitriles is 1. The van der Waals surface area contributed by atoms with Crippen LogP contribution >= 0.6 is 0 Å². The Morgan fingerprint density at radius 3 is 2.50 bits per heavy atom. The van der Waals surface area contributed by atoms with E-state index in [1.54, 1.807) is 11.6 Å². The van der Waals surface area contributed by atoms with Gasteiger partial charge in [-0.1, -0.05) is 23.8 Å². The first-order valence-electron chi connectivity index (χ1n) is 8.59. The van der Waals surface area contributed by atoms with Crippen molar-refractivity contribution in [3.8, 4) is 17.6 Å². The molecule has 0 fully saturated rings. The lowest BCUT2D eigenvalue weighted by Crippen LogP contribution is -2.22. The molecule has 0 radical (unpaired) electrons. The number of allylic oxidation sites excluding steroid dienone is 1. The summed E-state index contributed by atoms with van der Waals surface area (Å²) in [4.78, 5) is 0. The zero-order valence-corrected chi connectivity index (χ0v) is 15.2. The Morgan fingerprint density at radius 2 is 1.86 bits per heavy atom. The van der Waals surface area contributed by atoms with Crippen molar-refractivity contribution in [2.75, 3.05) is 0 Å². The third-order valence-electron chi connectivity index (χ3n) is 4.78. The van der Waals surface area contributed by atoms with Crippen LogP contribution in [0.3, 0.4) is 0 Å². The summed E-state index contributed by atoms with van der Waals surface area (Å²) in [7, 11) is 0. The second-order valence-corrected chi connectivity index (χ2v) is 6.64. The number of hydrogen-bond donors (Lipinski definition) is 1. The average Bonchev–Trinajstić information content (AvgIpc) is 2.98. The van der Waals surface area contributed by atoms with E-state index in [1.165, 1.54) is 6.07 Å². The van der Waals surface area contributed by atoms with Crippen LogP contribution in [0.25, 0.3) is 5.69 Å². The fourth-order valence-corrected chi connectivity index (χ4v) is 3.42. The number of aryl methyl sites for hydroxylation is 2. The van der Waals surface area contributed by atoms with Crippen molar-refractivity contribution in [3.63, 3.8) is 0 Å². The zero-order valence-electron chi connectivity index (χ0n) is 15.2. The molecule has 0 aliphatic carbocycles. The highest BCUT2D eigenvalue weighted by atomic mass is 19.1. The summed E-state index contributed by atoms with van der Waals surface area (Å²) < 4.78 is 35.3.